The van der Waals surface area contributed by atoms with Crippen molar-refractivity contribution >= 4 is 17.3 Å². The number of aryl methyl sites for hydroxylation is 1. The number of hydrogen-bond donors (Lipinski definition) is 2. The second-order valence-electron chi connectivity index (χ2n) is 8.39. The van der Waals surface area contributed by atoms with Crippen LogP contribution in [-0.4, -0.2) is 64.6 Å². The SMILES string of the molecule is COc1cc(N2CCNCC2)c(OC)cc1Nc1ncc(CCc2c(F)c(OC)cc(OC)c2F)cn1. The van der Waals surface area contributed by atoms with E-state index in [0.29, 0.717) is 35.1 Å². The molecule has 0 saturated carbocycles. The highest BCUT2D eigenvalue weighted by atomic mass is 19.1. The minimum Gasteiger partial charge on any atom is -0.494 e. The van der Waals surface area contributed by atoms with E-state index in [1.165, 1.54) is 20.3 Å². The van der Waals surface area contributed by atoms with Gasteiger partial charge in [0, 0.05) is 62.3 Å². The lowest BCUT2D eigenvalue weighted by atomic mass is 10.0. The average molecular weight is 516 g/mol. The first-order chi connectivity index (χ1) is 18.0. The maximum absolute atomic E-state index is 14.6. The molecule has 0 atom stereocenters. The van der Waals surface area contributed by atoms with E-state index < -0.39 is 11.6 Å². The Morgan fingerprint density at radius 1 is 0.811 bits per heavy atom. The fraction of sp³-hybridized carbons (Fsp3) is 0.385. The van der Waals surface area contributed by atoms with Crippen molar-refractivity contribution in [2.24, 2.45) is 0 Å². The molecule has 0 spiro atoms. The van der Waals surface area contributed by atoms with Crippen LogP contribution < -0.4 is 34.5 Å². The smallest absolute Gasteiger partial charge is 0.227 e. The lowest BCUT2D eigenvalue weighted by Crippen LogP contribution is -2.43. The standard InChI is InChI=1S/C26H31F2N5O4/c1-34-20-12-19(33-9-7-29-8-10-33)21(35-2)11-18(20)32-26-30-14-16(15-31-26)5-6-17-24(27)22(36-3)13-23(37-4)25(17)28/h11-15,29H,5-10H2,1-4H3,(H,30,31,32). The van der Waals surface area contributed by atoms with Crippen LogP contribution in [0, 0.1) is 11.6 Å². The average Bonchev–Trinajstić information content (AvgIpc) is 2.94. The second-order valence-corrected chi connectivity index (χ2v) is 8.39. The maximum Gasteiger partial charge on any atom is 0.227 e. The summed E-state index contributed by atoms with van der Waals surface area (Å²) in [7, 11) is 5.88. The van der Waals surface area contributed by atoms with Crippen LogP contribution in [0.4, 0.5) is 26.1 Å². The quantitative estimate of drug-likeness (QED) is 0.419. The van der Waals surface area contributed by atoms with Crippen LogP contribution in [0.3, 0.4) is 0 Å². The molecule has 0 unspecified atom stereocenters. The Balaban J connectivity index is 1.49. The molecule has 0 amide bonds. The van der Waals surface area contributed by atoms with Crippen LogP contribution in [-0.2, 0) is 12.8 Å². The van der Waals surface area contributed by atoms with Crippen molar-refractivity contribution in [2.45, 2.75) is 12.8 Å². The molecule has 3 aromatic rings. The van der Waals surface area contributed by atoms with Gasteiger partial charge < -0.3 is 34.5 Å². The molecule has 37 heavy (non-hydrogen) atoms. The Labute approximate surface area is 214 Å². The molecule has 1 aliphatic heterocycles. The van der Waals surface area contributed by atoms with Gasteiger partial charge in [-0.15, -0.1) is 0 Å². The molecule has 0 bridgehead atoms. The molecule has 1 saturated heterocycles. The predicted molar refractivity (Wildman–Crippen MR) is 137 cm³/mol. The lowest BCUT2D eigenvalue weighted by molar-refractivity contribution is 0.353. The summed E-state index contributed by atoms with van der Waals surface area (Å²) in [5.74, 6) is 0.0439. The van der Waals surface area contributed by atoms with Gasteiger partial charge >= 0.3 is 0 Å². The Bertz CT molecular complexity index is 1190. The van der Waals surface area contributed by atoms with Gasteiger partial charge in [-0.3, -0.25) is 0 Å². The highest BCUT2D eigenvalue weighted by Gasteiger charge is 2.21. The minimum absolute atomic E-state index is 0.0728. The number of nitrogens with one attached hydrogen (secondary N) is 2. The number of nitrogens with zero attached hydrogens (tertiary/aromatic N) is 3. The zero-order chi connectivity index (χ0) is 26.4. The number of aromatic nitrogens is 2. The lowest BCUT2D eigenvalue weighted by Gasteiger charge is -2.31. The van der Waals surface area contributed by atoms with Crippen LogP contribution in [0.5, 0.6) is 23.0 Å². The third kappa shape index (κ3) is 5.77. The number of piperazine rings is 1. The molecule has 2 N–H and O–H groups in total. The number of methoxy groups -OCH3 is 4. The number of rotatable bonds is 10. The first kappa shape index (κ1) is 26.2. The van der Waals surface area contributed by atoms with Crippen molar-refractivity contribution in [1.82, 2.24) is 15.3 Å². The van der Waals surface area contributed by atoms with Crippen molar-refractivity contribution in [3.8, 4) is 23.0 Å². The molecule has 2 heterocycles. The first-order valence-electron chi connectivity index (χ1n) is 11.9. The van der Waals surface area contributed by atoms with Gasteiger partial charge in [-0.1, -0.05) is 0 Å². The number of ether oxygens (including phenoxy) is 4. The van der Waals surface area contributed by atoms with Gasteiger partial charge in [0.15, 0.2) is 23.1 Å². The molecule has 0 radical (unpaired) electrons. The number of benzene rings is 2. The van der Waals surface area contributed by atoms with E-state index in [1.807, 2.05) is 12.1 Å². The highest BCUT2D eigenvalue weighted by Crippen LogP contribution is 2.39. The summed E-state index contributed by atoms with van der Waals surface area (Å²) in [6.07, 6.45) is 3.63. The summed E-state index contributed by atoms with van der Waals surface area (Å²) >= 11 is 0. The molecule has 198 valence electrons. The van der Waals surface area contributed by atoms with Gasteiger partial charge in [-0.05, 0) is 18.4 Å². The van der Waals surface area contributed by atoms with Crippen LogP contribution in [0.25, 0.3) is 0 Å². The zero-order valence-electron chi connectivity index (χ0n) is 21.4. The van der Waals surface area contributed by atoms with E-state index in [4.69, 9.17) is 18.9 Å². The topological polar surface area (TPSA) is 90.0 Å². The molecule has 1 aliphatic rings. The summed E-state index contributed by atoms with van der Waals surface area (Å²) in [6.45, 7) is 3.53. The fourth-order valence-corrected chi connectivity index (χ4v) is 4.23. The summed E-state index contributed by atoms with van der Waals surface area (Å²) < 4.78 is 50.6. The normalized spacial score (nSPS) is 13.3. The summed E-state index contributed by atoms with van der Waals surface area (Å²) in [5.41, 5.74) is 2.21. The van der Waals surface area contributed by atoms with E-state index >= 15 is 0 Å². The minimum atomic E-state index is -0.745. The molecular formula is C26H31F2N5O4. The second kappa shape index (κ2) is 11.9. The number of halogens is 2. The van der Waals surface area contributed by atoms with Gasteiger partial charge in [-0.2, -0.15) is 0 Å². The highest BCUT2D eigenvalue weighted by molar-refractivity contribution is 5.74. The van der Waals surface area contributed by atoms with Gasteiger partial charge in [-0.25, -0.2) is 18.7 Å². The number of hydrogen-bond acceptors (Lipinski definition) is 9. The van der Waals surface area contributed by atoms with E-state index in [1.54, 1.807) is 26.6 Å². The Morgan fingerprint density at radius 3 is 1.97 bits per heavy atom. The third-order valence-corrected chi connectivity index (χ3v) is 6.24. The van der Waals surface area contributed by atoms with E-state index in [9.17, 15) is 8.78 Å². The third-order valence-electron chi connectivity index (χ3n) is 6.24. The summed E-state index contributed by atoms with van der Waals surface area (Å²) in [6, 6.07) is 4.98. The molecule has 1 aromatic heterocycles. The Kier molecular flexibility index (Phi) is 8.44. The van der Waals surface area contributed by atoms with Crippen molar-refractivity contribution in [3.05, 3.63) is 53.4 Å². The van der Waals surface area contributed by atoms with Gasteiger partial charge in [0.1, 0.15) is 11.5 Å². The maximum atomic E-state index is 14.6. The van der Waals surface area contributed by atoms with Crippen LogP contribution in [0.1, 0.15) is 11.1 Å². The van der Waals surface area contributed by atoms with Crippen LogP contribution in [0.2, 0.25) is 0 Å². The van der Waals surface area contributed by atoms with E-state index in [-0.39, 0.29) is 23.5 Å². The molecule has 11 heteroatoms. The number of anilines is 3. The van der Waals surface area contributed by atoms with Gasteiger partial charge in [0.05, 0.1) is 39.8 Å². The molecule has 0 aliphatic carbocycles. The predicted octanol–water partition coefficient (Wildman–Crippen LogP) is 3.73. The summed E-state index contributed by atoms with van der Waals surface area (Å²) in [5, 5.41) is 6.51. The molecular weight excluding hydrogens is 484 g/mol. The van der Waals surface area contributed by atoms with E-state index in [2.05, 4.69) is 25.5 Å². The molecule has 9 nitrogen and oxygen atoms in total. The van der Waals surface area contributed by atoms with Crippen molar-refractivity contribution in [1.29, 1.82) is 0 Å². The largest absolute Gasteiger partial charge is 0.494 e. The zero-order valence-corrected chi connectivity index (χ0v) is 21.4. The van der Waals surface area contributed by atoms with E-state index in [0.717, 1.165) is 31.9 Å². The monoisotopic (exact) mass is 515 g/mol. The Hall–Kier alpha value is -3.86. The summed E-state index contributed by atoms with van der Waals surface area (Å²) in [4.78, 5) is 11.0. The van der Waals surface area contributed by atoms with Crippen LogP contribution in [0.15, 0.2) is 30.6 Å². The van der Waals surface area contributed by atoms with Crippen molar-refractivity contribution in [2.75, 3.05) is 64.8 Å². The molecule has 4 rings (SSSR count). The fourth-order valence-electron chi connectivity index (χ4n) is 4.23. The van der Waals surface area contributed by atoms with Gasteiger partial charge in [0.2, 0.25) is 5.95 Å². The van der Waals surface area contributed by atoms with Gasteiger partial charge in [0.25, 0.3) is 0 Å². The molecule has 1 fully saturated rings. The van der Waals surface area contributed by atoms with Crippen molar-refractivity contribution < 1.29 is 27.7 Å². The van der Waals surface area contributed by atoms with Crippen LogP contribution >= 0.6 is 0 Å². The van der Waals surface area contributed by atoms with Crippen molar-refractivity contribution in [3.63, 3.8) is 0 Å². The molecule has 2 aromatic carbocycles. The first-order valence-corrected chi connectivity index (χ1v) is 11.9. The Morgan fingerprint density at radius 2 is 1.41 bits per heavy atom.